The molecule has 0 spiro atoms. The molecule has 1 amide bonds. The lowest BCUT2D eigenvalue weighted by Crippen LogP contribution is -2.31. The first kappa shape index (κ1) is 14.9. The van der Waals surface area contributed by atoms with Crippen molar-refractivity contribution in [2.75, 3.05) is 13.7 Å². The van der Waals surface area contributed by atoms with Crippen LogP contribution >= 0.6 is 0 Å². The fourth-order valence-electron chi connectivity index (χ4n) is 2.64. The first-order valence-corrected chi connectivity index (χ1v) is 7.32. The van der Waals surface area contributed by atoms with Gasteiger partial charge in [0.15, 0.2) is 0 Å². The Morgan fingerprint density at radius 1 is 1.45 bits per heavy atom. The number of benzene rings is 1. The van der Waals surface area contributed by atoms with Crippen LogP contribution in [0.25, 0.3) is 0 Å². The molecule has 1 aromatic carbocycles. The molecule has 1 atom stereocenters. The van der Waals surface area contributed by atoms with Gasteiger partial charge in [-0.25, -0.2) is 0 Å². The van der Waals surface area contributed by atoms with E-state index in [4.69, 9.17) is 4.74 Å². The topological polar surface area (TPSA) is 50.4 Å². The van der Waals surface area contributed by atoms with Crippen molar-refractivity contribution < 1.29 is 9.53 Å². The van der Waals surface area contributed by atoms with Crippen LogP contribution in [0.4, 0.5) is 0 Å². The minimum absolute atomic E-state index is 0.0383. The van der Waals surface area contributed by atoms with Gasteiger partial charge in [0.05, 0.1) is 13.0 Å². The van der Waals surface area contributed by atoms with E-state index < -0.39 is 0 Å². The second-order valence-corrected chi connectivity index (χ2v) is 5.56. The number of rotatable bonds is 6. The predicted octanol–water partition coefficient (Wildman–Crippen LogP) is 2.19. The number of fused-ring (bicyclic) bond motifs is 1. The van der Waals surface area contributed by atoms with Crippen LogP contribution < -0.4 is 15.4 Å². The zero-order chi connectivity index (χ0) is 14.5. The van der Waals surface area contributed by atoms with Crippen molar-refractivity contribution >= 4 is 5.91 Å². The molecule has 2 N–H and O–H groups in total. The van der Waals surface area contributed by atoms with Crippen LogP contribution in [0.3, 0.4) is 0 Å². The lowest BCUT2D eigenvalue weighted by atomic mass is 10.1. The average Bonchev–Trinajstić information content (AvgIpc) is 2.80. The first-order valence-electron chi connectivity index (χ1n) is 7.32. The summed E-state index contributed by atoms with van der Waals surface area (Å²) in [6, 6.07) is 6.88. The van der Waals surface area contributed by atoms with Crippen LogP contribution in [0.5, 0.6) is 5.75 Å². The van der Waals surface area contributed by atoms with Crippen LogP contribution in [0.1, 0.15) is 43.9 Å². The van der Waals surface area contributed by atoms with Gasteiger partial charge in [0.2, 0.25) is 5.91 Å². The van der Waals surface area contributed by atoms with E-state index in [0.29, 0.717) is 19.1 Å². The van der Waals surface area contributed by atoms with E-state index in [9.17, 15) is 4.79 Å². The van der Waals surface area contributed by atoms with Gasteiger partial charge in [-0.05, 0) is 57.0 Å². The molecule has 1 aromatic rings. The molecule has 2 rings (SSSR count). The Hall–Kier alpha value is -1.55. The predicted molar refractivity (Wildman–Crippen MR) is 80.0 cm³/mol. The van der Waals surface area contributed by atoms with Crippen LogP contribution in [0.2, 0.25) is 0 Å². The van der Waals surface area contributed by atoms with Crippen molar-refractivity contribution in [3.63, 3.8) is 0 Å². The summed E-state index contributed by atoms with van der Waals surface area (Å²) in [5.74, 6) is 0.897. The highest BCUT2D eigenvalue weighted by Gasteiger charge is 2.21. The monoisotopic (exact) mass is 276 g/mol. The molecular weight excluding hydrogens is 252 g/mol. The molecule has 1 aliphatic rings. The molecular formula is C16H24N2O2. The molecule has 0 heterocycles. The fraction of sp³-hybridized carbons (Fsp3) is 0.562. The zero-order valence-electron chi connectivity index (χ0n) is 12.5. The van der Waals surface area contributed by atoms with E-state index in [0.717, 1.165) is 18.6 Å². The highest BCUT2D eigenvalue weighted by atomic mass is 16.5. The maximum atomic E-state index is 11.5. The molecule has 110 valence electrons. The van der Waals surface area contributed by atoms with Crippen LogP contribution in [0, 0.1) is 0 Å². The molecule has 0 bridgehead atoms. The Labute approximate surface area is 120 Å². The number of carbonyl (C=O) groups is 1. The maximum Gasteiger partial charge on any atom is 0.223 e. The number of carbonyl (C=O) groups excluding carboxylic acids is 1. The van der Waals surface area contributed by atoms with Crippen molar-refractivity contribution in [2.45, 2.75) is 45.2 Å². The summed E-state index contributed by atoms with van der Waals surface area (Å²) in [5.41, 5.74) is 2.73. The van der Waals surface area contributed by atoms with Gasteiger partial charge in [-0.15, -0.1) is 0 Å². The minimum atomic E-state index is 0.0383. The molecule has 1 unspecified atom stereocenters. The van der Waals surface area contributed by atoms with E-state index in [1.807, 2.05) is 27.0 Å². The van der Waals surface area contributed by atoms with Crippen LogP contribution in [-0.4, -0.2) is 25.6 Å². The molecule has 4 heteroatoms. The van der Waals surface area contributed by atoms with Gasteiger partial charge in [0, 0.05) is 12.1 Å². The van der Waals surface area contributed by atoms with E-state index in [2.05, 4.69) is 22.8 Å². The SMILES string of the molecule is CNC1CCc2cc(OCCC(=O)NC(C)C)ccc21. The van der Waals surface area contributed by atoms with Crippen molar-refractivity contribution in [2.24, 2.45) is 0 Å². The number of ether oxygens (including phenoxy) is 1. The lowest BCUT2D eigenvalue weighted by Gasteiger charge is -2.12. The van der Waals surface area contributed by atoms with Crippen LogP contribution in [0.15, 0.2) is 18.2 Å². The number of hydrogen-bond donors (Lipinski definition) is 2. The molecule has 0 aromatic heterocycles. The highest BCUT2D eigenvalue weighted by molar-refractivity contribution is 5.76. The largest absolute Gasteiger partial charge is 0.493 e. The first-order chi connectivity index (χ1) is 9.60. The fourth-order valence-corrected chi connectivity index (χ4v) is 2.64. The molecule has 0 saturated carbocycles. The van der Waals surface area contributed by atoms with Gasteiger partial charge in [-0.3, -0.25) is 4.79 Å². The molecule has 4 nitrogen and oxygen atoms in total. The van der Waals surface area contributed by atoms with E-state index in [1.54, 1.807) is 0 Å². The van der Waals surface area contributed by atoms with Crippen LogP contribution in [-0.2, 0) is 11.2 Å². The van der Waals surface area contributed by atoms with Crippen molar-refractivity contribution in [1.29, 1.82) is 0 Å². The Kier molecular flexibility index (Phi) is 5.01. The van der Waals surface area contributed by atoms with Crippen molar-refractivity contribution in [3.8, 4) is 5.75 Å². The van der Waals surface area contributed by atoms with E-state index in [-0.39, 0.29) is 11.9 Å². The summed E-state index contributed by atoms with van der Waals surface area (Å²) in [4.78, 5) is 11.5. The molecule has 0 fully saturated rings. The van der Waals surface area contributed by atoms with Gasteiger partial charge in [0.1, 0.15) is 5.75 Å². The van der Waals surface area contributed by atoms with Crippen molar-refractivity contribution in [3.05, 3.63) is 29.3 Å². The summed E-state index contributed by atoms with van der Waals surface area (Å²) < 4.78 is 5.67. The molecule has 0 saturated heterocycles. The summed E-state index contributed by atoms with van der Waals surface area (Å²) in [5, 5.41) is 6.18. The Balaban J connectivity index is 1.84. The Bertz CT molecular complexity index is 472. The summed E-state index contributed by atoms with van der Waals surface area (Å²) in [6.07, 6.45) is 2.63. The quantitative estimate of drug-likeness (QED) is 0.837. The Morgan fingerprint density at radius 2 is 2.25 bits per heavy atom. The molecule has 1 aliphatic carbocycles. The van der Waals surface area contributed by atoms with Gasteiger partial charge >= 0.3 is 0 Å². The molecule has 20 heavy (non-hydrogen) atoms. The molecule has 0 radical (unpaired) electrons. The summed E-state index contributed by atoms with van der Waals surface area (Å²) >= 11 is 0. The van der Waals surface area contributed by atoms with Gasteiger partial charge in [0.25, 0.3) is 0 Å². The highest BCUT2D eigenvalue weighted by Crippen LogP contribution is 2.33. The third-order valence-electron chi connectivity index (χ3n) is 3.59. The Morgan fingerprint density at radius 3 is 2.95 bits per heavy atom. The number of hydrogen-bond acceptors (Lipinski definition) is 3. The zero-order valence-corrected chi connectivity index (χ0v) is 12.5. The normalized spacial score (nSPS) is 17.1. The smallest absolute Gasteiger partial charge is 0.223 e. The standard InChI is InChI=1S/C16H24N2O2/c1-11(2)18-16(19)8-9-20-13-5-6-14-12(10-13)4-7-15(14)17-3/h5-6,10-11,15,17H,4,7-9H2,1-3H3,(H,18,19). The lowest BCUT2D eigenvalue weighted by molar-refractivity contribution is -0.122. The van der Waals surface area contributed by atoms with Gasteiger partial charge < -0.3 is 15.4 Å². The minimum Gasteiger partial charge on any atom is -0.493 e. The molecule has 0 aliphatic heterocycles. The van der Waals surface area contributed by atoms with E-state index in [1.165, 1.54) is 11.1 Å². The maximum absolute atomic E-state index is 11.5. The second-order valence-electron chi connectivity index (χ2n) is 5.56. The average molecular weight is 276 g/mol. The summed E-state index contributed by atoms with van der Waals surface area (Å²) in [6.45, 7) is 4.33. The number of nitrogens with one attached hydrogen (secondary N) is 2. The number of aryl methyl sites for hydroxylation is 1. The second kappa shape index (κ2) is 6.75. The van der Waals surface area contributed by atoms with Gasteiger partial charge in [-0.2, -0.15) is 0 Å². The summed E-state index contributed by atoms with van der Waals surface area (Å²) in [7, 11) is 2.00. The van der Waals surface area contributed by atoms with Gasteiger partial charge in [-0.1, -0.05) is 6.07 Å². The number of amides is 1. The van der Waals surface area contributed by atoms with Crippen molar-refractivity contribution in [1.82, 2.24) is 10.6 Å². The van der Waals surface area contributed by atoms with E-state index >= 15 is 0 Å². The third kappa shape index (κ3) is 3.73. The third-order valence-corrected chi connectivity index (χ3v) is 3.59.